The number of urea groups is 1. The highest BCUT2D eigenvalue weighted by molar-refractivity contribution is 6.38. The Kier molecular flexibility index (Phi) is 14.9. The van der Waals surface area contributed by atoms with Gasteiger partial charge < -0.3 is 31.1 Å². The first-order valence-corrected chi connectivity index (χ1v) is 17.4. The van der Waals surface area contributed by atoms with Crippen LogP contribution in [0.5, 0.6) is 0 Å². The van der Waals surface area contributed by atoms with Gasteiger partial charge in [0, 0.05) is 32.1 Å². The summed E-state index contributed by atoms with van der Waals surface area (Å²) >= 11 is 0. The van der Waals surface area contributed by atoms with Crippen LogP contribution in [-0.2, 0) is 24.0 Å². The number of amides is 6. The van der Waals surface area contributed by atoms with Crippen LogP contribution >= 0.6 is 0 Å². The minimum absolute atomic E-state index is 0.113. The fourth-order valence-electron chi connectivity index (χ4n) is 6.08. The van der Waals surface area contributed by atoms with Crippen molar-refractivity contribution in [3.05, 3.63) is 24.8 Å². The molecule has 6 amide bonds. The molecule has 0 aromatic heterocycles. The molecule has 2 aliphatic heterocycles. The number of hydrogen-bond acceptors (Lipinski definition) is 6. The topological polar surface area (TPSA) is 157 Å². The number of Topliss-reactive ketones (excluding diaryl/α,β-unsaturated/α-hetero) is 1. The van der Waals surface area contributed by atoms with E-state index in [0.717, 1.165) is 12.8 Å². The van der Waals surface area contributed by atoms with Crippen molar-refractivity contribution in [3.8, 4) is 0 Å². The molecule has 1 unspecified atom stereocenters. The van der Waals surface area contributed by atoms with E-state index in [1.54, 1.807) is 4.90 Å². The highest BCUT2D eigenvalue weighted by Gasteiger charge is 2.47. The van der Waals surface area contributed by atoms with Gasteiger partial charge in [0.15, 0.2) is 0 Å². The SMILES string of the molecule is C=CCNC(=O)C(=O)C(CCC)NC(=O)[C@@H]1[C@@H](/C=C/C(C)C)CCN1C(=O)[C@@H](NC(=O)N[C@H](C(=O)N1CCCC1)C(C)(C)C)C(C)(C)C. The normalized spacial score (nSPS) is 20.3. The number of carbonyl (C=O) groups is 6. The number of hydrogen-bond donors (Lipinski definition) is 4. The van der Waals surface area contributed by atoms with Crippen LogP contribution < -0.4 is 21.3 Å². The summed E-state index contributed by atoms with van der Waals surface area (Å²) in [7, 11) is 0. The predicted molar refractivity (Wildman–Crippen MR) is 187 cm³/mol. The second-order valence-electron chi connectivity index (χ2n) is 15.5. The zero-order chi connectivity index (χ0) is 36.4. The van der Waals surface area contributed by atoms with Crippen molar-refractivity contribution in [2.45, 2.75) is 119 Å². The smallest absolute Gasteiger partial charge is 0.316 e. The monoisotopic (exact) mass is 672 g/mol. The molecule has 2 fully saturated rings. The first-order chi connectivity index (χ1) is 22.3. The molecular weight excluding hydrogens is 612 g/mol. The van der Waals surface area contributed by atoms with Gasteiger partial charge in [0.25, 0.3) is 5.91 Å². The maximum atomic E-state index is 14.4. The van der Waals surface area contributed by atoms with Crippen molar-refractivity contribution in [2.24, 2.45) is 22.7 Å². The molecule has 0 radical (unpaired) electrons. The van der Waals surface area contributed by atoms with Crippen LogP contribution in [0.25, 0.3) is 0 Å². The third kappa shape index (κ3) is 11.2. The maximum Gasteiger partial charge on any atom is 0.316 e. The van der Waals surface area contributed by atoms with Crippen molar-refractivity contribution < 1.29 is 28.8 Å². The summed E-state index contributed by atoms with van der Waals surface area (Å²) < 4.78 is 0. The third-order valence-electron chi connectivity index (χ3n) is 8.78. The van der Waals surface area contributed by atoms with Gasteiger partial charge in [0.05, 0.1) is 6.04 Å². The predicted octanol–water partition coefficient (Wildman–Crippen LogP) is 3.32. The largest absolute Gasteiger partial charge is 0.346 e. The summed E-state index contributed by atoms with van der Waals surface area (Å²) in [6.45, 7) is 22.2. The van der Waals surface area contributed by atoms with E-state index in [-0.39, 0.29) is 37.3 Å². The lowest BCUT2D eigenvalue weighted by Crippen LogP contribution is -2.63. The molecule has 12 heteroatoms. The summed E-state index contributed by atoms with van der Waals surface area (Å²) in [6, 6.07) is -4.53. The molecule has 0 aliphatic carbocycles. The minimum Gasteiger partial charge on any atom is -0.346 e. The van der Waals surface area contributed by atoms with Gasteiger partial charge in [-0.2, -0.15) is 0 Å². The van der Waals surface area contributed by atoms with Crippen molar-refractivity contribution in [1.82, 2.24) is 31.1 Å². The van der Waals surface area contributed by atoms with Crippen LogP contribution in [0.1, 0.15) is 94.4 Å². The zero-order valence-corrected chi connectivity index (χ0v) is 30.6. The second-order valence-corrected chi connectivity index (χ2v) is 15.5. The molecule has 4 N–H and O–H groups in total. The molecule has 2 saturated heterocycles. The Labute approximate surface area is 287 Å². The number of ketones is 1. The molecule has 0 saturated carbocycles. The standard InChI is InChI=1S/C36H60N6O6/c1-11-15-25(27(43)31(45)37-19-12-2)38-30(44)26-24(17-16-23(3)4)18-22-42(26)33(47)29(36(8,9)10)40-34(48)39-28(35(5,6)7)32(46)41-20-13-14-21-41/h12,16-17,23-26,28-29H,2,11,13-15,18-22H2,1,3-10H3,(H,37,45)(H,38,44)(H2,39,40,48)/b17-16+/t24-,25?,26-,28+,29+/m0/s1. The molecule has 0 spiro atoms. The molecule has 270 valence electrons. The lowest BCUT2D eigenvalue weighted by Gasteiger charge is -2.37. The maximum absolute atomic E-state index is 14.4. The average Bonchev–Trinajstić information content (AvgIpc) is 3.68. The molecule has 2 rings (SSSR count). The van der Waals surface area contributed by atoms with Gasteiger partial charge >= 0.3 is 6.03 Å². The van der Waals surface area contributed by atoms with E-state index >= 15 is 0 Å². The number of allylic oxidation sites excluding steroid dienone is 1. The van der Waals surface area contributed by atoms with E-state index in [2.05, 4.69) is 27.8 Å². The molecule has 0 aromatic carbocycles. The van der Waals surface area contributed by atoms with E-state index in [4.69, 9.17) is 0 Å². The van der Waals surface area contributed by atoms with Crippen molar-refractivity contribution in [3.63, 3.8) is 0 Å². The van der Waals surface area contributed by atoms with Gasteiger partial charge in [-0.15, -0.1) is 6.58 Å². The highest BCUT2D eigenvalue weighted by Crippen LogP contribution is 2.31. The van der Waals surface area contributed by atoms with Crippen LogP contribution in [0.15, 0.2) is 24.8 Å². The molecule has 0 aromatic rings. The molecular formula is C36H60N6O6. The summed E-state index contributed by atoms with van der Waals surface area (Å²) in [4.78, 5) is 84.1. The summed E-state index contributed by atoms with van der Waals surface area (Å²) in [5.41, 5.74) is -1.34. The van der Waals surface area contributed by atoms with Crippen LogP contribution in [0.4, 0.5) is 4.79 Å². The number of carbonyl (C=O) groups excluding carboxylic acids is 6. The Balaban J connectivity index is 2.38. The van der Waals surface area contributed by atoms with E-state index in [0.29, 0.717) is 25.9 Å². The fourth-order valence-corrected chi connectivity index (χ4v) is 6.08. The fraction of sp³-hybridized carbons (Fsp3) is 0.722. The molecule has 2 heterocycles. The molecule has 48 heavy (non-hydrogen) atoms. The third-order valence-corrected chi connectivity index (χ3v) is 8.78. The van der Waals surface area contributed by atoms with Crippen LogP contribution in [0.2, 0.25) is 0 Å². The Bertz CT molecular complexity index is 1210. The Morgan fingerprint density at radius 3 is 1.92 bits per heavy atom. The molecule has 0 bridgehead atoms. The molecule has 2 aliphatic rings. The van der Waals surface area contributed by atoms with Gasteiger partial charge in [-0.25, -0.2) is 4.79 Å². The first-order valence-electron chi connectivity index (χ1n) is 17.4. The van der Waals surface area contributed by atoms with Crippen molar-refractivity contribution in [2.75, 3.05) is 26.2 Å². The van der Waals surface area contributed by atoms with Crippen molar-refractivity contribution >= 4 is 35.4 Å². The van der Waals surface area contributed by atoms with E-state index in [9.17, 15) is 28.8 Å². The van der Waals surface area contributed by atoms with E-state index < -0.39 is 64.5 Å². The number of nitrogens with zero attached hydrogens (tertiary/aromatic N) is 2. The summed E-state index contributed by atoms with van der Waals surface area (Å²) in [5.74, 6) is -2.86. The van der Waals surface area contributed by atoms with E-state index in [1.165, 1.54) is 11.0 Å². The molecule has 12 nitrogen and oxygen atoms in total. The van der Waals surface area contributed by atoms with E-state index in [1.807, 2.05) is 74.5 Å². The summed E-state index contributed by atoms with van der Waals surface area (Å²) in [6.07, 6.45) is 8.49. The Hall–Kier alpha value is -3.70. The Morgan fingerprint density at radius 2 is 1.42 bits per heavy atom. The lowest BCUT2D eigenvalue weighted by molar-refractivity contribution is -0.144. The second kappa shape index (κ2) is 17.6. The van der Waals surface area contributed by atoms with Crippen LogP contribution in [-0.4, -0.2) is 95.6 Å². The van der Waals surface area contributed by atoms with Crippen LogP contribution in [0.3, 0.4) is 0 Å². The lowest BCUT2D eigenvalue weighted by atomic mass is 9.85. The van der Waals surface area contributed by atoms with Gasteiger partial charge in [-0.05, 0) is 42.4 Å². The minimum atomic E-state index is -1.07. The highest BCUT2D eigenvalue weighted by atomic mass is 16.2. The van der Waals surface area contributed by atoms with Crippen molar-refractivity contribution in [1.29, 1.82) is 0 Å². The number of rotatable bonds is 14. The van der Waals surface area contributed by atoms with Gasteiger partial charge in [-0.1, -0.05) is 87.0 Å². The van der Waals surface area contributed by atoms with Gasteiger partial charge in [-0.3, -0.25) is 24.0 Å². The number of nitrogens with one attached hydrogen (secondary N) is 4. The van der Waals surface area contributed by atoms with Gasteiger partial charge in [0.1, 0.15) is 18.1 Å². The average molecular weight is 673 g/mol. The van der Waals surface area contributed by atoms with Gasteiger partial charge in [0.2, 0.25) is 23.5 Å². The van der Waals surface area contributed by atoms with Crippen LogP contribution in [0, 0.1) is 22.7 Å². The number of likely N-dealkylation sites (tertiary alicyclic amines) is 2. The zero-order valence-electron chi connectivity index (χ0n) is 30.6. The Morgan fingerprint density at radius 1 is 0.854 bits per heavy atom. The molecule has 5 atom stereocenters. The first kappa shape index (κ1) is 40.5. The quantitative estimate of drug-likeness (QED) is 0.164. The summed E-state index contributed by atoms with van der Waals surface area (Å²) in [5, 5.41) is 10.9.